The van der Waals surface area contributed by atoms with E-state index in [4.69, 9.17) is 5.11 Å². The number of aromatic carboxylic acids is 1. The SMILES string of the molecule is O=C(O)c1cnnn1-c1c(F)cc(F)cc1Br. The molecule has 0 saturated carbocycles. The van der Waals surface area contributed by atoms with Gasteiger partial charge in [0.25, 0.3) is 0 Å². The van der Waals surface area contributed by atoms with Crippen molar-refractivity contribution in [3.8, 4) is 5.69 Å². The molecule has 1 aromatic heterocycles. The van der Waals surface area contributed by atoms with E-state index in [0.29, 0.717) is 6.07 Å². The van der Waals surface area contributed by atoms with Gasteiger partial charge in [-0.25, -0.2) is 18.3 Å². The van der Waals surface area contributed by atoms with E-state index in [0.717, 1.165) is 16.9 Å². The van der Waals surface area contributed by atoms with E-state index in [9.17, 15) is 13.6 Å². The first-order valence-electron chi connectivity index (χ1n) is 4.29. The highest BCUT2D eigenvalue weighted by Gasteiger charge is 2.19. The Labute approximate surface area is 102 Å². The smallest absolute Gasteiger partial charge is 0.356 e. The molecule has 17 heavy (non-hydrogen) atoms. The van der Waals surface area contributed by atoms with Crippen LogP contribution >= 0.6 is 15.9 Å². The number of hydrogen-bond donors (Lipinski definition) is 1. The third kappa shape index (κ3) is 2.03. The molecule has 0 amide bonds. The monoisotopic (exact) mass is 303 g/mol. The molecule has 5 nitrogen and oxygen atoms in total. The third-order valence-corrected chi connectivity index (χ3v) is 2.57. The molecule has 0 bridgehead atoms. The molecule has 0 atom stereocenters. The summed E-state index contributed by atoms with van der Waals surface area (Å²) in [5, 5.41) is 15.7. The molecular formula is C9H4BrF2N3O2. The normalized spacial score (nSPS) is 10.5. The number of hydrogen-bond acceptors (Lipinski definition) is 3. The number of carboxylic acid groups (broad SMARTS) is 1. The minimum absolute atomic E-state index is 0.0444. The highest BCUT2D eigenvalue weighted by Crippen LogP contribution is 2.25. The molecule has 0 radical (unpaired) electrons. The number of halogens is 3. The van der Waals surface area contributed by atoms with Gasteiger partial charge < -0.3 is 5.11 Å². The summed E-state index contributed by atoms with van der Waals surface area (Å²) in [6.45, 7) is 0. The topological polar surface area (TPSA) is 68.0 Å². The number of carboxylic acids is 1. The Bertz CT molecular complexity index is 577. The number of benzene rings is 1. The Balaban J connectivity index is 2.69. The molecule has 1 heterocycles. The van der Waals surface area contributed by atoms with Gasteiger partial charge in [0.1, 0.15) is 11.5 Å². The Morgan fingerprint density at radius 3 is 2.71 bits per heavy atom. The van der Waals surface area contributed by atoms with Crippen molar-refractivity contribution < 1.29 is 18.7 Å². The van der Waals surface area contributed by atoms with Gasteiger partial charge in [-0.15, -0.1) is 5.10 Å². The fourth-order valence-corrected chi connectivity index (χ4v) is 1.86. The third-order valence-electron chi connectivity index (χ3n) is 1.96. The van der Waals surface area contributed by atoms with Crippen molar-refractivity contribution in [1.29, 1.82) is 0 Å². The van der Waals surface area contributed by atoms with Crippen molar-refractivity contribution >= 4 is 21.9 Å². The van der Waals surface area contributed by atoms with Crippen LogP contribution in [0.4, 0.5) is 8.78 Å². The first kappa shape index (κ1) is 11.6. The molecule has 2 rings (SSSR count). The average molecular weight is 304 g/mol. The number of nitrogens with zero attached hydrogens (tertiary/aromatic N) is 3. The molecule has 1 N–H and O–H groups in total. The summed E-state index contributed by atoms with van der Waals surface area (Å²) < 4.78 is 27.3. The Hall–Kier alpha value is -1.83. The van der Waals surface area contributed by atoms with Crippen molar-refractivity contribution in [2.75, 3.05) is 0 Å². The van der Waals surface area contributed by atoms with Crippen LogP contribution < -0.4 is 0 Å². The van der Waals surface area contributed by atoms with Crippen LogP contribution in [0.1, 0.15) is 10.5 Å². The first-order valence-corrected chi connectivity index (χ1v) is 5.09. The highest BCUT2D eigenvalue weighted by atomic mass is 79.9. The number of aromatic nitrogens is 3. The van der Waals surface area contributed by atoms with Crippen LogP contribution in [0.25, 0.3) is 5.69 Å². The van der Waals surface area contributed by atoms with Gasteiger partial charge in [-0.2, -0.15) is 0 Å². The summed E-state index contributed by atoms with van der Waals surface area (Å²) in [4.78, 5) is 10.8. The maximum Gasteiger partial charge on any atom is 0.356 e. The van der Waals surface area contributed by atoms with Gasteiger partial charge in [0.05, 0.1) is 6.20 Å². The van der Waals surface area contributed by atoms with Crippen molar-refractivity contribution in [3.63, 3.8) is 0 Å². The van der Waals surface area contributed by atoms with Crippen LogP contribution in [0, 0.1) is 11.6 Å². The molecule has 8 heteroatoms. The summed E-state index contributed by atoms with van der Waals surface area (Å²) in [5.41, 5.74) is -0.530. The van der Waals surface area contributed by atoms with E-state index >= 15 is 0 Å². The second kappa shape index (κ2) is 4.21. The lowest BCUT2D eigenvalue weighted by molar-refractivity contribution is 0.0687. The molecule has 2 aromatic rings. The summed E-state index contributed by atoms with van der Waals surface area (Å²) in [7, 11) is 0. The summed E-state index contributed by atoms with van der Waals surface area (Å²) in [6.07, 6.45) is 0.970. The quantitative estimate of drug-likeness (QED) is 0.921. The molecule has 0 unspecified atom stereocenters. The highest BCUT2D eigenvalue weighted by molar-refractivity contribution is 9.10. The van der Waals surface area contributed by atoms with Gasteiger partial charge in [-0.3, -0.25) is 0 Å². The second-order valence-electron chi connectivity index (χ2n) is 3.05. The molecule has 1 aromatic carbocycles. The van der Waals surface area contributed by atoms with E-state index in [1.165, 1.54) is 0 Å². The lowest BCUT2D eigenvalue weighted by Crippen LogP contribution is -2.10. The zero-order valence-corrected chi connectivity index (χ0v) is 9.65. The molecule has 0 aliphatic carbocycles. The standard InChI is InChI=1S/C9H4BrF2N3O2/c10-5-1-4(11)2-6(12)8(5)15-7(9(16)17)3-13-14-15/h1-3H,(H,16,17). The van der Waals surface area contributed by atoms with Crippen molar-refractivity contribution in [1.82, 2.24) is 15.0 Å². The maximum absolute atomic E-state index is 13.6. The number of carbonyl (C=O) groups is 1. The lowest BCUT2D eigenvalue weighted by Gasteiger charge is -2.07. The fraction of sp³-hybridized carbons (Fsp3) is 0. The Morgan fingerprint density at radius 2 is 2.12 bits per heavy atom. The summed E-state index contributed by atoms with van der Waals surface area (Å²) in [6, 6.07) is 1.64. The van der Waals surface area contributed by atoms with E-state index in [1.807, 2.05) is 0 Å². The van der Waals surface area contributed by atoms with Crippen LogP contribution in [0.15, 0.2) is 22.8 Å². The van der Waals surface area contributed by atoms with Gasteiger partial charge in [0.2, 0.25) is 0 Å². The maximum atomic E-state index is 13.6. The van der Waals surface area contributed by atoms with Crippen molar-refractivity contribution in [2.24, 2.45) is 0 Å². The largest absolute Gasteiger partial charge is 0.476 e. The van der Waals surface area contributed by atoms with Crippen molar-refractivity contribution in [3.05, 3.63) is 40.1 Å². The van der Waals surface area contributed by atoms with Gasteiger partial charge in [0, 0.05) is 10.5 Å². The Kier molecular flexibility index (Phi) is 2.88. The average Bonchev–Trinajstić information content (AvgIpc) is 2.64. The van der Waals surface area contributed by atoms with Crippen LogP contribution in [0.2, 0.25) is 0 Å². The van der Waals surface area contributed by atoms with E-state index in [1.54, 1.807) is 0 Å². The molecule has 0 aliphatic rings. The zero-order valence-electron chi connectivity index (χ0n) is 8.06. The first-order chi connectivity index (χ1) is 8.00. The predicted molar refractivity (Wildman–Crippen MR) is 55.9 cm³/mol. The molecule has 88 valence electrons. The van der Waals surface area contributed by atoms with Gasteiger partial charge in [-0.1, -0.05) is 5.21 Å². The minimum atomic E-state index is -1.31. The second-order valence-corrected chi connectivity index (χ2v) is 3.91. The molecule has 0 spiro atoms. The molecule has 0 saturated heterocycles. The van der Waals surface area contributed by atoms with Gasteiger partial charge in [-0.05, 0) is 22.0 Å². The van der Waals surface area contributed by atoms with Gasteiger partial charge in [0.15, 0.2) is 11.5 Å². The van der Waals surface area contributed by atoms with Crippen LogP contribution in [-0.2, 0) is 0 Å². The van der Waals surface area contributed by atoms with E-state index in [2.05, 4.69) is 26.2 Å². The van der Waals surface area contributed by atoms with Crippen LogP contribution in [0.5, 0.6) is 0 Å². The predicted octanol–water partition coefficient (Wildman–Crippen LogP) is 2.01. The van der Waals surface area contributed by atoms with Crippen LogP contribution in [-0.4, -0.2) is 26.1 Å². The molecular weight excluding hydrogens is 300 g/mol. The molecule has 0 fully saturated rings. The van der Waals surface area contributed by atoms with E-state index < -0.39 is 17.6 Å². The zero-order chi connectivity index (χ0) is 12.6. The lowest BCUT2D eigenvalue weighted by atomic mass is 10.3. The fourth-order valence-electron chi connectivity index (χ4n) is 1.28. The van der Waals surface area contributed by atoms with E-state index in [-0.39, 0.29) is 15.9 Å². The Morgan fingerprint density at radius 1 is 1.41 bits per heavy atom. The summed E-state index contributed by atoms with van der Waals surface area (Å²) >= 11 is 2.94. The molecule has 0 aliphatic heterocycles. The van der Waals surface area contributed by atoms with Crippen molar-refractivity contribution in [2.45, 2.75) is 0 Å². The number of rotatable bonds is 2. The van der Waals surface area contributed by atoms with Crippen LogP contribution in [0.3, 0.4) is 0 Å². The summed E-state index contributed by atoms with van der Waals surface area (Å²) in [5.74, 6) is -3.04. The minimum Gasteiger partial charge on any atom is -0.476 e. The van der Waals surface area contributed by atoms with Gasteiger partial charge >= 0.3 is 5.97 Å².